The van der Waals surface area contributed by atoms with E-state index < -0.39 is 30.1 Å². The number of thiophene rings is 1. The molecule has 1 saturated heterocycles. The molecule has 2 aromatic heterocycles. The summed E-state index contributed by atoms with van der Waals surface area (Å²) in [6.45, 7) is 15.5. The molecule has 4 atom stereocenters. The van der Waals surface area contributed by atoms with Gasteiger partial charge in [0.1, 0.15) is 18.4 Å². The molecule has 1 aliphatic heterocycles. The number of aromatic nitrogens is 1. The number of hydrogen-bond donors (Lipinski definition) is 4. The monoisotopic (exact) mass is 1050 g/mol. The molecule has 6 rings (SSSR count). The zero-order valence-electron chi connectivity index (χ0n) is 44.4. The van der Waals surface area contributed by atoms with Crippen LogP contribution in [0.15, 0.2) is 96.5 Å². The molecule has 0 unspecified atom stereocenters. The van der Waals surface area contributed by atoms with Gasteiger partial charge in [0.25, 0.3) is 0 Å². The third kappa shape index (κ3) is 19.0. The second-order valence-electron chi connectivity index (χ2n) is 20.2. The van der Waals surface area contributed by atoms with Crippen molar-refractivity contribution in [3.63, 3.8) is 0 Å². The molecule has 4 N–H and O–H groups in total. The number of fused-ring (bicyclic) bond motifs is 1. The highest BCUT2D eigenvalue weighted by atomic mass is 32.1. The number of carbonyl (C=O) groups excluding carboxylic acids is 4. The summed E-state index contributed by atoms with van der Waals surface area (Å²) in [4.78, 5) is 60.9. The Kier molecular flexibility index (Phi) is 23.8. The van der Waals surface area contributed by atoms with Gasteiger partial charge in [0.05, 0.1) is 78.2 Å². The molecule has 16 heteroatoms. The highest BCUT2D eigenvalue weighted by molar-refractivity contribution is 7.13. The number of nitrogens with one attached hydrogen (secondary N) is 2. The van der Waals surface area contributed by atoms with Crippen LogP contribution in [0.3, 0.4) is 0 Å². The third-order valence-corrected chi connectivity index (χ3v) is 14.5. The Morgan fingerprint density at radius 3 is 2.11 bits per heavy atom. The quantitative estimate of drug-likeness (QED) is 0.0237. The SMILES string of the molecule is Cc1ccsc1-c1ccc([C@H](C)NC(=O)[C@H]2C[C@@H](O)CN2C(=O)[C@@H](CC(=O)CCOCCOCCOCCOCCOCCN(CCc2c[nH]c3ccccc23)Cc2ccc(/C=C/C(=O)CO)cc2)C(C)(C)C)cc1. The minimum Gasteiger partial charge on any atom is -0.391 e. The summed E-state index contributed by atoms with van der Waals surface area (Å²) in [5.74, 6) is -1.76. The van der Waals surface area contributed by atoms with Gasteiger partial charge in [0.2, 0.25) is 11.8 Å². The van der Waals surface area contributed by atoms with Gasteiger partial charge in [0, 0.05) is 73.3 Å². The molecule has 1 aliphatic rings. The molecule has 0 spiro atoms. The Hall–Kier alpha value is -5.40. The number of benzene rings is 3. The van der Waals surface area contributed by atoms with Crippen LogP contribution in [0.4, 0.5) is 0 Å². The summed E-state index contributed by atoms with van der Waals surface area (Å²) in [5.41, 5.74) is 7.15. The number of hydrogen-bond acceptors (Lipinski definition) is 13. The molecule has 0 radical (unpaired) electrons. The topological polar surface area (TPSA) is 189 Å². The van der Waals surface area contributed by atoms with E-state index in [-0.39, 0.29) is 61.8 Å². The number of Topliss-reactive ketones (excluding diaryl/α,β-unsaturated/α-hetero) is 1. The first-order valence-corrected chi connectivity index (χ1v) is 27.1. The zero-order valence-corrected chi connectivity index (χ0v) is 45.2. The Balaban J connectivity index is 0.799. The van der Waals surface area contributed by atoms with Crippen molar-refractivity contribution >= 4 is 51.7 Å². The largest absolute Gasteiger partial charge is 0.391 e. The molecule has 3 heterocycles. The van der Waals surface area contributed by atoms with Gasteiger partial charge in [-0.05, 0) is 82.7 Å². The summed E-state index contributed by atoms with van der Waals surface area (Å²) in [6.07, 6.45) is 5.51. The van der Waals surface area contributed by atoms with E-state index in [0.717, 1.165) is 53.8 Å². The average molecular weight is 1050 g/mol. The van der Waals surface area contributed by atoms with E-state index in [0.29, 0.717) is 59.5 Å². The van der Waals surface area contributed by atoms with Gasteiger partial charge < -0.3 is 49.1 Å². The van der Waals surface area contributed by atoms with Crippen molar-refractivity contribution in [2.24, 2.45) is 11.3 Å². The molecular formula is C59H78N4O11S. The molecule has 3 aromatic carbocycles. The van der Waals surface area contributed by atoms with Crippen LogP contribution in [0.1, 0.15) is 80.8 Å². The Labute approximate surface area is 446 Å². The van der Waals surface area contributed by atoms with Crippen LogP contribution in [0.25, 0.3) is 27.4 Å². The van der Waals surface area contributed by atoms with E-state index in [1.165, 1.54) is 32.4 Å². The second kappa shape index (κ2) is 30.4. The van der Waals surface area contributed by atoms with Gasteiger partial charge in [-0.1, -0.05) is 93.6 Å². The Morgan fingerprint density at radius 1 is 0.840 bits per heavy atom. The number of H-pyrrole nitrogens is 1. The van der Waals surface area contributed by atoms with Crippen LogP contribution in [0.2, 0.25) is 0 Å². The van der Waals surface area contributed by atoms with Crippen LogP contribution < -0.4 is 5.32 Å². The second-order valence-corrected chi connectivity index (χ2v) is 21.2. The van der Waals surface area contributed by atoms with Gasteiger partial charge in [0.15, 0.2) is 5.78 Å². The van der Waals surface area contributed by atoms with Crippen LogP contribution in [-0.4, -0.2) is 153 Å². The molecule has 15 nitrogen and oxygen atoms in total. The van der Waals surface area contributed by atoms with Crippen LogP contribution in [0, 0.1) is 18.3 Å². The number of ether oxygens (including phenoxy) is 5. The van der Waals surface area contributed by atoms with Gasteiger partial charge >= 0.3 is 0 Å². The predicted octanol–water partition coefficient (Wildman–Crippen LogP) is 7.76. The van der Waals surface area contributed by atoms with Crippen molar-refractivity contribution in [3.8, 4) is 10.4 Å². The number of aliphatic hydroxyl groups is 2. The van der Waals surface area contributed by atoms with E-state index >= 15 is 0 Å². The maximum Gasteiger partial charge on any atom is 0.243 e. The lowest BCUT2D eigenvalue weighted by atomic mass is 9.76. The number of amides is 2. The van der Waals surface area contributed by atoms with E-state index in [9.17, 15) is 24.3 Å². The van der Waals surface area contributed by atoms with Crippen molar-refractivity contribution < 1.29 is 53.1 Å². The van der Waals surface area contributed by atoms with Crippen LogP contribution in [0.5, 0.6) is 0 Å². The normalized spacial score (nSPS) is 15.8. The fraction of sp³-hybridized carbons (Fsp3) is 0.492. The van der Waals surface area contributed by atoms with E-state index in [1.54, 1.807) is 17.4 Å². The molecule has 1 fully saturated rings. The minimum atomic E-state index is -0.842. The number of aromatic amines is 1. The number of ketones is 2. The summed E-state index contributed by atoms with van der Waals surface area (Å²) < 4.78 is 28.6. The molecule has 0 aliphatic carbocycles. The lowest BCUT2D eigenvalue weighted by Gasteiger charge is -2.35. The molecular weight excluding hydrogens is 973 g/mol. The number of carbonyl (C=O) groups is 4. The van der Waals surface area contributed by atoms with Crippen molar-refractivity contribution in [1.82, 2.24) is 20.1 Å². The van der Waals surface area contributed by atoms with Crippen molar-refractivity contribution in [1.29, 1.82) is 0 Å². The maximum atomic E-state index is 14.1. The van der Waals surface area contributed by atoms with Crippen molar-refractivity contribution in [3.05, 3.63) is 124 Å². The number of aliphatic hydroxyl groups excluding tert-OH is 2. The summed E-state index contributed by atoms with van der Waals surface area (Å²) in [6, 6.07) is 25.4. The maximum absolute atomic E-state index is 14.1. The van der Waals surface area contributed by atoms with Gasteiger partial charge in [-0.2, -0.15) is 0 Å². The summed E-state index contributed by atoms with van der Waals surface area (Å²) in [5, 5.41) is 26.0. The predicted molar refractivity (Wildman–Crippen MR) is 293 cm³/mol. The first-order valence-electron chi connectivity index (χ1n) is 26.2. The molecule has 5 aromatic rings. The number of nitrogens with zero attached hydrogens (tertiary/aromatic N) is 2. The summed E-state index contributed by atoms with van der Waals surface area (Å²) in [7, 11) is 0. The number of aryl methyl sites for hydroxylation is 1. The fourth-order valence-electron chi connectivity index (χ4n) is 9.07. The molecule has 0 saturated carbocycles. The van der Waals surface area contributed by atoms with Gasteiger partial charge in [-0.15, -0.1) is 11.3 Å². The average Bonchev–Trinajstić information content (AvgIpc) is 4.15. The summed E-state index contributed by atoms with van der Waals surface area (Å²) >= 11 is 1.69. The van der Waals surface area contributed by atoms with E-state index in [4.69, 9.17) is 28.8 Å². The van der Waals surface area contributed by atoms with Crippen molar-refractivity contribution in [2.45, 2.75) is 85.0 Å². The first-order chi connectivity index (χ1) is 36.2. The zero-order chi connectivity index (χ0) is 53.6. The highest BCUT2D eigenvalue weighted by Gasteiger charge is 2.44. The first kappa shape index (κ1) is 58.9. The molecule has 2 amide bonds. The Morgan fingerprint density at radius 2 is 1.48 bits per heavy atom. The van der Waals surface area contributed by atoms with Crippen LogP contribution >= 0.6 is 11.3 Å². The minimum absolute atomic E-state index is 0.00645. The molecule has 406 valence electrons. The van der Waals surface area contributed by atoms with E-state index in [1.807, 2.05) is 58.0 Å². The standard InChI is InChI=1S/C59H78N4O11S/c1-42-22-35-75-56(42)47-17-15-46(16-18-47)43(2)61-57(68)55-37-51(67)40-63(55)58(69)53(59(3,4)5)36-49(65)21-25-70-27-29-72-31-33-74-34-32-73-30-28-71-26-24-62(23-20-48-38-60-54-9-7-6-8-52(48)54)39-45-12-10-44(11-13-45)14-19-50(66)41-64/h6-19,22,35,38,43,51,53,55,60,64,67H,20-21,23-34,36-37,39-41H2,1-5H3,(H,61,68)/b19-14+/t43-,51+,53+,55+/m0/s1. The van der Waals surface area contributed by atoms with Gasteiger partial charge in [-0.3, -0.25) is 24.1 Å². The number of rotatable bonds is 33. The van der Waals surface area contributed by atoms with Crippen LogP contribution in [-0.2, 0) is 55.8 Å². The number of para-hydroxylation sites is 1. The third-order valence-electron chi connectivity index (χ3n) is 13.5. The molecule has 0 bridgehead atoms. The van der Waals surface area contributed by atoms with Crippen molar-refractivity contribution in [2.75, 3.05) is 92.3 Å². The lowest BCUT2D eigenvalue weighted by molar-refractivity contribution is -0.146. The number of β-amino-alcohol motifs (C(OH)–C–C–N with tert-alkyl or cyclic N) is 1. The number of likely N-dealkylation sites (tertiary alicyclic amines) is 1. The highest BCUT2D eigenvalue weighted by Crippen LogP contribution is 2.34. The van der Waals surface area contributed by atoms with E-state index in [2.05, 4.69) is 82.2 Å². The smallest absolute Gasteiger partial charge is 0.243 e. The lowest BCUT2D eigenvalue weighted by Crippen LogP contribution is -2.50. The fourth-order valence-corrected chi connectivity index (χ4v) is 10.0. The molecule has 75 heavy (non-hydrogen) atoms. The van der Waals surface area contributed by atoms with Gasteiger partial charge in [-0.25, -0.2) is 0 Å². The Bertz CT molecular complexity index is 2570.